The van der Waals surface area contributed by atoms with E-state index in [2.05, 4.69) is 9.97 Å². The van der Waals surface area contributed by atoms with Crippen LogP contribution in [0.2, 0.25) is 0 Å². The quantitative estimate of drug-likeness (QED) is 0.889. The molecule has 6 heteroatoms. The predicted molar refractivity (Wildman–Crippen MR) is 65.1 cm³/mol. The van der Waals surface area contributed by atoms with Crippen molar-refractivity contribution in [2.75, 3.05) is 13.6 Å². The number of nitrogens with one attached hydrogen (secondary N) is 1. The number of nitrogens with zero attached hydrogens (tertiary/aromatic N) is 2. The molecule has 1 aliphatic rings. The summed E-state index contributed by atoms with van der Waals surface area (Å²) >= 11 is 0. The number of hydrogen-bond donors (Lipinski definition) is 1. The van der Waals surface area contributed by atoms with Gasteiger partial charge in [0.1, 0.15) is 5.82 Å². The standard InChI is InChI=1S/C11H19N3O2S/c1-9-12-7-11(13-9)17(15,16)14(2)8-10-5-3-4-6-10/h7,10H,3-6,8H2,1-2H3,(H,12,13). The number of rotatable bonds is 4. The first kappa shape index (κ1) is 12.6. The fraction of sp³-hybridized carbons (Fsp3) is 0.727. The second-order valence-electron chi connectivity index (χ2n) is 4.77. The summed E-state index contributed by atoms with van der Waals surface area (Å²) in [6, 6.07) is 0. The lowest BCUT2D eigenvalue weighted by Crippen LogP contribution is -2.31. The van der Waals surface area contributed by atoms with Crippen molar-refractivity contribution in [3.05, 3.63) is 12.0 Å². The van der Waals surface area contributed by atoms with E-state index in [1.807, 2.05) is 0 Å². The van der Waals surface area contributed by atoms with Gasteiger partial charge in [0.15, 0.2) is 5.03 Å². The number of aromatic amines is 1. The number of imidazole rings is 1. The summed E-state index contributed by atoms with van der Waals surface area (Å²) in [5, 5.41) is 0.190. The Morgan fingerprint density at radius 1 is 1.47 bits per heavy atom. The number of aryl methyl sites for hydroxylation is 1. The zero-order valence-corrected chi connectivity index (χ0v) is 11.1. The predicted octanol–water partition coefficient (Wildman–Crippen LogP) is 1.53. The summed E-state index contributed by atoms with van der Waals surface area (Å²) in [7, 11) is -1.75. The molecule has 2 rings (SSSR count). The van der Waals surface area contributed by atoms with Gasteiger partial charge in [-0.25, -0.2) is 13.4 Å². The number of sulfonamides is 1. The van der Waals surface area contributed by atoms with Crippen LogP contribution < -0.4 is 0 Å². The molecule has 1 aliphatic carbocycles. The van der Waals surface area contributed by atoms with Crippen molar-refractivity contribution >= 4 is 10.0 Å². The second kappa shape index (κ2) is 4.78. The molecule has 0 unspecified atom stereocenters. The van der Waals surface area contributed by atoms with E-state index < -0.39 is 10.0 Å². The van der Waals surface area contributed by atoms with Crippen molar-refractivity contribution in [1.82, 2.24) is 14.3 Å². The normalized spacial score (nSPS) is 18.1. The Morgan fingerprint density at radius 2 is 2.12 bits per heavy atom. The third-order valence-electron chi connectivity index (χ3n) is 3.36. The molecular formula is C11H19N3O2S. The number of H-pyrrole nitrogens is 1. The Hall–Kier alpha value is -0.880. The van der Waals surface area contributed by atoms with E-state index in [4.69, 9.17) is 0 Å². The summed E-state index contributed by atoms with van der Waals surface area (Å²) in [6.07, 6.45) is 6.11. The first-order valence-corrected chi connectivity index (χ1v) is 7.42. The van der Waals surface area contributed by atoms with Crippen LogP contribution in [0, 0.1) is 12.8 Å². The smallest absolute Gasteiger partial charge is 0.259 e. The van der Waals surface area contributed by atoms with Gasteiger partial charge < -0.3 is 4.98 Å². The van der Waals surface area contributed by atoms with Crippen molar-refractivity contribution in [2.24, 2.45) is 5.92 Å². The first-order valence-electron chi connectivity index (χ1n) is 5.98. The Kier molecular flexibility index (Phi) is 3.53. The van der Waals surface area contributed by atoms with E-state index in [9.17, 15) is 8.42 Å². The van der Waals surface area contributed by atoms with E-state index >= 15 is 0 Å². The lowest BCUT2D eigenvalue weighted by molar-refractivity contribution is 0.386. The van der Waals surface area contributed by atoms with Crippen LogP contribution in [-0.2, 0) is 10.0 Å². The Bertz CT molecular complexity index is 475. The van der Waals surface area contributed by atoms with E-state index in [-0.39, 0.29) is 5.03 Å². The van der Waals surface area contributed by atoms with Gasteiger partial charge in [-0.1, -0.05) is 12.8 Å². The van der Waals surface area contributed by atoms with Gasteiger partial charge in [0, 0.05) is 13.6 Å². The molecule has 0 radical (unpaired) electrons. The molecule has 0 spiro atoms. The summed E-state index contributed by atoms with van der Waals surface area (Å²) in [5.74, 6) is 1.14. The van der Waals surface area contributed by atoms with Crippen LogP contribution in [0.1, 0.15) is 31.5 Å². The molecule has 17 heavy (non-hydrogen) atoms. The van der Waals surface area contributed by atoms with E-state index in [1.165, 1.54) is 23.3 Å². The molecule has 0 aliphatic heterocycles. The van der Waals surface area contributed by atoms with Gasteiger partial charge in [-0.15, -0.1) is 0 Å². The third kappa shape index (κ3) is 2.69. The molecule has 0 atom stereocenters. The Labute approximate surface area is 102 Å². The van der Waals surface area contributed by atoms with E-state index in [1.54, 1.807) is 14.0 Å². The molecule has 96 valence electrons. The van der Waals surface area contributed by atoms with Gasteiger partial charge in [0.05, 0.1) is 6.20 Å². The fourth-order valence-electron chi connectivity index (χ4n) is 2.35. The molecule has 1 heterocycles. The molecule has 1 aromatic rings. The van der Waals surface area contributed by atoms with Crippen LogP contribution in [0.5, 0.6) is 0 Å². The molecule has 1 saturated carbocycles. The van der Waals surface area contributed by atoms with Gasteiger partial charge >= 0.3 is 0 Å². The van der Waals surface area contributed by atoms with Crippen LogP contribution in [0.3, 0.4) is 0 Å². The molecule has 0 aromatic carbocycles. The summed E-state index contributed by atoms with van der Waals surface area (Å²) in [5.41, 5.74) is 0. The lowest BCUT2D eigenvalue weighted by atomic mass is 10.1. The summed E-state index contributed by atoms with van der Waals surface area (Å²) < 4.78 is 25.8. The van der Waals surface area contributed by atoms with Crippen molar-refractivity contribution < 1.29 is 8.42 Å². The van der Waals surface area contributed by atoms with Gasteiger partial charge in [-0.05, 0) is 25.7 Å². The number of aromatic nitrogens is 2. The third-order valence-corrected chi connectivity index (χ3v) is 5.09. The van der Waals surface area contributed by atoms with E-state index in [0.29, 0.717) is 18.3 Å². The molecule has 0 amide bonds. The van der Waals surface area contributed by atoms with Crippen LogP contribution in [0.25, 0.3) is 0 Å². The second-order valence-corrected chi connectivity index (χ2v) is 6.78. The van der Waals surface area contributed by atoms with Crippen molar-refractivity contribution in [2.45, 2.75) is 37.6 Å². The van der Waals surface area contributed by atoms with Crippen LogP contribution >= 0.6 is 0 Å². The zero-order chi connectivity index (χ0) is 12.5. The van der Waals surface area contributed by atoms with Crippen molar-refractivity contribution in [3.63, 3.8) is 0 Å². The molecule has 1 N–H and O–H groups in total. The van der Waals surface area contributed by atoms with Gasteiger partial charge in [0.2, 0.25) is 0 Å². The van der Waals surface area contributed by atoms with Gasteiger partial charge in [-0.3, -0.25) is 0 Å². The topological polar surface area (TPSA) is 66.1 Å². The maximum atomic E-state index is 12.2. The van der Waals surface area contributed by atoms with E-state index in [0.717, 1.165) is 12.8 Å². The number of hydrogen-bond acceptors (Lipinski definition) is 3. The average molecular weight is 257 g/mol. The molecule has 5 nitrogen and oxygen atoms in total. The van der Waals surface area contributed by atoms with Crippen molar-refractivity contribution in [1.29, 1.82) is 0 Å². The van der Waals surface area contributed by atoms with Crippen LogP contribution in [0.15, 0.2) is 11.2 Å². The van der Waals surface area contributed by atoms with Gasteiger partial charge in [-0.2, -0.15) is 4.31 Å². The van der Waals surface area contributed by atoms with Crippen LogP contribution in [0.4, 0.5) is 0 Å². The highest BCUT2D eigenvalue weighted by Crippen LogP contribution is 2.26. The SMILES string of the molecule is Cc1ncc(S(=O)(=O)N(C)CC2CCCC2)[nH]1. The first-order chi connectivity index (χ1) is 8.00. The minimum Gasteiger partial charge on any atom is -0.332 e. The minimum absolute atomic E-state index is 0.190. The Morgan fingerprint density at radius 3 is 2.65 bits per heavy atom. The highest BCUT2D eigenvalue weighted by molar-refractivity contribution is 7.89. The van der Waals surface area contributed by atoms with Crippen molar-refractivity contribution in [3.8, 4) is 0 Å². The monoisotopic (exact) mass is 257 g/mol. The molecule has 1 aromatic heterocycles. The Balaban J connectivity index is 2.09. The summed E-state index contributed by atoms with van der Waals surface area (Å²) in [4.78, 5) is 6.72. The fourth-order valence-corrected chi connectivity index (χ4v) is 3.56. The maximum absolute atomic E-state index is 12.2. The summed E-state index contributed by atoms with van der Waals surface area (Å²) in [6.45, 7) is 2.36. The molecule has 0 bridgehead atoms. The zero-order valence-electron chi connectivity index (χ0n) is 10.3. The molecule has 1 fully saturated rings. The van der Waals surface area contributed by atoms with Gasteiger partial charge in [0.25, 0.3) is 10.0 Å². The molecular weight excluding hydrogens is 238 g/mol. The highest BCUT2D eigenvalue weighted by atomic mass is 32.2. The van der Waals surface area contributed by atoms with Crippen LogP contribution in [-0.4, -0.2) is 36.3 Å². The highest BCUT2D eigenvalue weighted by Gasteiger charge is 2.26. The molecule has 0 saturated heterocycles. The lowest BCUT2D eigenvalue weighted by Gasteiger charge is -2.19. The maximum Gasteiger partial charge on any atom is 0.259 e. The average Bonchev–Trinajstić information content (AvgIpc) is 2.89. The minimum atomic E-state index is -3.39. The largest absolute Gasteiger partial charge is 0.332 e.